The van der Waals surface area contributed by atoms with E-state index in [1.54, 1.807) is 21.1 Å². The van der Waals surface area contributed by atoms with Gasteiger partial charge >= 0.3 is 0 Å². The predicted molar refractivity (Wildman–Crippen MR) is 124 cm³/mol. The second-order valence-corrected chi connectivity index (χ2v) is 10.1. The van der Waals surface area contributed by atoms with Gasteiger partial charge in [-0.15, -0.1) is 0 Å². The molecule has 1 heterocycles. The fraction of sp³-hybridized carbons (Fsp3) is 0.304. The molecule has 0 aliphatic rings. The summed E-state index contributed by atoms with van der Waals surface area (Å²) in [5, 5.41) is -0.315. The topological polar surface area (TPSA) is 81.6 Å². The quantitative estimate of drug-likeness (QED) is 0.439. The third kappa shape index (κ3) is 6.18. The Kier molecular flexibility index (Phi) is 8.06. The zero-order valence-electron chi connectivity index (χ0n) is 18.2. The van der Waals surface area contributed by atoms with Gasteiger partial charge in [0.1, 0.15) is 17.3 Å². The summed E-state index contributed by atoms with van der Waals surface area (Å²) in [5.74, 6) is 1.86. The van der Waals surface area contributed by atoms with E-state index in [-0.39, 0.29) is 19.5 Å². The Bertz CT molecular complexity index is 1060. The second kappa shape index (κ2) is 10.8. The SMILES string of the molecule is COc1ccc(CN(Cc2ccc(OC)cc2)S(=O)(=O)[C@H](C)Cc2ncc(Cl)cn2)cc1. The van der Waals surface area contributed by atoms with E-state index in [1.807, 2.05) is 48.5 Å². The summed E-state index contributed by atoms with van der Waals surface area (Å²) in [7, 11) is -0.493. The van der Waals surface area contributed by atoms with E-state index in [1.165, 1.54) is 16.7 Å². The molecule has 0 aliphatic heterocycles. The molecule has 170 valence electrons. The molecule has 1 aromatic heterocycles. The molecule has 0 bridgehead atoms. The van der Waals surface area contributed by atoms with Crippen molar-refractivity contribution < 1.29 is 17.9 Å². The maximum absolute atomic E-state index is 13.6. The largest absolute Gasteiger partial charge is 0.497 e. The lowest BCUT2D eigenvalue weighted by atomic mass is 10.2. The van der Waals surface area contributed by atoms with E-state index in [9.17, 15) is 8.42 Å². The molecule has 2 aromatic carbocycles. The molecule has 1 atom stereocenters. The lowest BCUT2D eigenvalue weighted by molar-refractivity contribution is 0.391. The van der Waals surface area contributed by atoms with E-state index < -0.39 is 15.3 Å². The third-order valence-electron chi connectivity index (χ3n) is 5.05. The molecule has 0 saturated heterocycles. The van der Waals surface area contributed by atoms with Crippen LogP contribution >= 0.6 is 11.6 Å². The number of ether oxygens (including phenoxy) is 2. The van der Waals surface area contributed by atoms with Gasteiger partial charge in [-0.05, 0) is 42.3 Å². The van der Waals surface area contributed by atoms with Crippen LogP contribution in [0, 0.1) is 0 Å². The standard InChI is InChI=1S/C23H26ClN3O4S/c1-17(12-23-25-13-20(24)14-26-23)32(28,29)27(15-18-4-8-21(30-2)9-5-18)16-19-6-10-22(31-3)11-7-19/h4-11,13-14,17H,12,15-16H2,1-3H3/t17-/m1/s1. The minimum absolute atomic E-state index is 0.182. The van der Waals surface area contributed by atoms with Crippen LogP contribution < -0.4 is 9.47 Å². The van der Waals surface area contributed by atoms with Crippen LogP contribution in [0.2, 0.25) is 5.02 Å². The molecule has 7 nitrogen and oxygen atoms in total. The van der Waals surface area contributed by atoms with E-state index >= 15 is 0 Å². The summed E-state index contributed by atoms with van der Waals surface area (Å²) in [6, 6.07) is 14.7. The molecule has 9 heteroatoms. The lowest BCUT2D eigenvalue weighted by Gasteiger charge is -2.26. The van der Waals surface area contributed by atoms with Gasteiger partial charge in [0.05, 0.1) is 24.5 Å². The van der Waals surface area contributed by atoms with Crippen molar-refractivity contribution in [2.24, 2.45) is 0 Å². The average Bonchev–Trinajstić information content (AvgIpc) is 2.81. The Morgan fingerprint density at radius 2 is 1.31 bits per heavy atom. The second-order valence-electron chi connectivity index (χ2n) is 7.34. The summed E-state index contributed by atoms with van der Waals surface area (Å²) in [6.45, 7) is 2.12. The lowest BCUT2D eigenvalue weighted by Crippen LogP contribution is -2.38. The Morgan fingerprint density at radius 1 is 0.875 bits per heavy atom. The van der Waals surface area contributed by atoms with Gasteiger partial charge < -0.3 is 9.47 Å². The van der Waals surface area contributed by atoms with Crippen LogP contribution in [0.1, 0.15) is 23.9 Å². The monoisotopic (exact) mass is 475 g/mol. The van der Waals surface area contributed by atoms with Crippen molar-refractivity contribution in [2.45, 2.75) is 31.7 Å². The number of benzene rings is 2. The zero-order chi connectivity index (χ0) is 23.1. The van der Waals surface area contributed by atoms with Gasteiger partial charge in [-0.25, -0.2) is 18.4 Å². The van der Waals surface area contributed by atoms with E-state index in [0.29, 0.717) is 22.3 Å². The Balaban J connectivity index is 1.86. The molecule has 0 N–H and O–H groups in total. The average molecular weight is 476 g/mol. The maximum atomic E-state index is 13.6. The molecule has 0 amide bonds. The summed E-state index contributed by atoms with van der Waals surface area (Å²) in [5.41, 5.74) is 1.72. The van der Waals surface area contributed by atoms with Crippen LogP contribution in [-0.4, -0.2) is 42.2 Å². The summed E-state index contributed by atoms with van der Waals surface area (Å²) in [4.78, 5) is 8.29. The molecule has 3 aromatic rings. The van der Waals surface area contributed by atoms with Gasteiger partial charge in [-0.2, -0.15) is 4.31 Å². The van der Waals surface area contributed by atoms with Crippen molar-refractivity contribution >= 4 is 21.6 Å². The van der Waals surface area contributed by atoms with Gasteiger partial charge in [0.25, 0.3) is 0 Å². The number of rotatable bonds is 10. The number of nitrogens with zero attached hydrogens (tertiary/aromatic N) is 3. The van der Waals surface area contributed by atoms with Gasteiger partial charge in [0.2, 0.25) is 10.0 Å². The van der Waals surface area contributed by atoms with E-state index in [4.69, 9.17) is 21.1 Å². The Hall–Kier alpha value is -2.68. The normalized spacial score (nSPS) is 12.5. The van der Waals surface area contributed by atoms with E-state index in [0.717, 1.165) is 11.1 Å². The molecule has 0 unspecified atom stereocenters. The molecule has 0 saturated carbocycles. The van der Waals surface area contributed by atoms with Crippen LogP contribution in [0.5, 0.6) is 11.5 Å². The first-order chi connectivity index (χ1) is 15.3. The van der Waals surface area contributed by atoms with Crippen molar-refractivity contribution in [1.29, 1.82) is 0 Å². The Labute approximate surface area is 194 Å². The Morgan fingerprint density at radius 3 is 1.72 bits per heavy atom. The van der Waals surface area contributed by atoms with Crippen LogP contribution in [0.15, 0.2) is 60.9 Å². The van der Waals surface area contributed by atoms with Crippen molar-refractivity contribution in [3.05, 3.63) is 82.9 Å². The summed E-state index contributed by atoms with van der Waals surface area (Å²) in [6.07, 6.45) is 3.12. The highest BCUT2D eigenvalue weighted by Gasteiger charge is 2.30. The molecule has 0 aliphatic carbocycles. The van der Waals surface area contributed by atoms with Crippen molar-refractivity contribution in [1.82, 2.24) is 14.3 Å². The smallest absolute Gasteiger partial charge is 0.217 e. The minimum atomic E-state index is -3.68. The predicted octanol–water partition coefficient (Wildman–Crippen LogP) is 4.11. The van der Waals surface area contributed by atoms with Gasteiger partial charge in [0, 0.05) is 31.9 Å². The van der Waals surface area contributed by atoms with Gasteiger partial charge in [0.15, 0.2) is 0 Å². The van der Waals surface area contributed by atoms with Crippen LogP contribution in [-0.2, 0) is 29.5 Å². The fourth-order valence-corrected chi connectivity index (χ4v) is 4.79. The van der Waals surface area contributed by atoms with Crippen LogP contribution in [0.4, 0.5) is 0 Å². The number of methoxy groups -OCH3 is 2. The highest BCUT2D eigenvalue weighted by Crippen LogP contribution is 2.22. The van der Waals surface area contributed by atoms with Crippen LogP contribution in [0.3, 0.4) is 0 Å². The third-order valence-corrected chi connectivity index (χ3v) is 7.40. The number of hydrogen-bond donors (Lipinski definition) is 0. The number of aromatic nitrogens is 2. The highest BCUT2D eigenvalue weighted by molar-refractivity contribution is 7.89. The van der Waals surface area contributed by atoms with Crippen LogP contribution in [0.25, 0.3) is 0 Å². The first-order valence-corrected chi connectivity index (χ1v) is 11.9. The molecule has 0 spiro atoms. The first kappa shape index (κ1) is 24.0. The molecule has 32 heavy (non-hydrogen) atoms. The minimum Gasteiger partial charge on any atom is -0.497 e. The van der Waals surface area contributed by atoms with E-state index in [2.05, 4.69) is 9.97 Å². The van der Waals surface area contributed by atoms with Gasteiger partial charge in [-0.1, -0.05) is 35.9 Å². The fourth-order valence-electron chi connectivity index (χ4n) is 3.17. The van der Waals surface area contributed by atoms with Crippen molar-refractivity contribution in [2.75, 3.05) is 14.2 Å². The highest BCUT2D eigenvalue weighted by atomic mass is 35.5. The number of hydrogen-bond acceptors (Lipinski definition) is 6. The molecule has 0 fully saturated rings. The summed E-state index contributed by atoms with van der Waals surface area (Å²) >= 11 is 5.84. The zero-order valence-corrected chi connectivity index (χ0v) is 19.8. The molecular weight excluding hydrogens is 450 g/mol. The van der Waals surface area contributed by atoms with Crippen molar-refractivity contribution in [3.63, 3.8) is 0 Å². The maximum Gasteiger partial charge on any atom is 0.217 e. The van der Waals surface area contributed by atoms with Crippen molar-refractivity contribution in [3.8, 4) is 11.5 Å². The summed E-state index contributed by atoms with van der Waals surface area (Å²) < 4.78 is 39.0. The number of halogens is 1. The molecule has 3 rings (SSSR count). The number of sulfonamides is 1. The molecular formula is C23H26ClN3O4S. The first-order valence-electron chi connectivity index (χ1n) is 10.0. The molecule has 0 radical (unpaired) electrons. The van der Waals surface area contributed by atoms with Gasteiger partial charge in [-0.3, -0.25) is 0 Å².